The Labute approximate surface area is 94.1 Å². The number of hydrogen-bond acceptors (Lipinski definition) is 3. The maximum absolute atomic E-state index is 11.4. The Morgan fingerprint density at radius 3 is 1.53 bits per heavy atom. The zero-order valence-corrected chi connectivity index (χ0v) is 10.6. The highest BCUT2D eigenvalue weighted by Crippen LogP contribution is 2.35. The van der Waals surface area contributed by atoms with E-state index in [1.165, 1.54) is 0 Å². The van der Waals surface area contributed by atoms with E-state index in [1.54, 1.807) is 27.7 Å². The molecule has 0 heterocycles. The molecule has 0 fully saturated rings. The van der Waals surface area contributed by atoms with E-state index in [0.29, 0.717) is 22.3 Å². The van der Waals surface area contributed by atoms with Crippen LogP contribution in [-0.2, 0) is 9.05 Å². The lowest BCUT2D eigenvalue weighted by Gasteiger charge is -2.14. The van der Waals surface area contributed by atoms with Crippen molar-refractivity contribution >= 4 is 19.7 Å². The van der Waals surface area contributed by atoms with E-state index < -0.39 is 9.05 Å². The van der Waals surface area contributed by atoms with E-state index in [0.717, 1.165) is 0 Å². The highest BCUT2D eigenvalue weighted by Gasteiger charge is 2.22. The minimum atomic E-state index is -3.76. The number of aromatic hydroxyl groups is 1. The molecule has 0 saturated heterocycles. The van der Waals surface area contributed by atoms with Crippen LogP contribution in [0.2, 0.25) is 0 Å². The van der Waals surface area contributed by atoms with Crippen molar-refractivity contribution < 1.29 is 13.5 Å². The third-order valence-electron chi connectivity index (χ3n) is 2.76. The molecule has 0 aliphatic heterocycles. The molecule has 1 N–H and O–H groups in total. The second-order valence-corrected chi connectivity index (χ2v) is 6.12. The molecular formula is C10H13ClO3S. The maximum atomic E-state index is 11.4. The lowest BCUT2D eigenvalue weighted by atomic mass is 10.00. The second kappa shape index (κ2) is 3.68. The van der Waals surface area contributed by atoms with Gasteiger partial charge in [0.1, 0.15) is 5.75 Å². The minimum absolute atomic E-state index is 0.108. The zero-order valence-electron chi connectivity index (χ0n) is 9.05. The van der Waals surface area contributed by atoms with Gasteiger partial charge in [0.05, 0.1) is 4.90 Å². The zero-order chi connectivity index (χ0) is 12.0. The Bertz CT molecular complexity index is 489. The van der Waals surface area contributed by atoms with Crippen LogP contribution in [0.4, 0.5) is 0 Å². The van der Waals surface area contributed by atoms with Gasteiger partial charge in [-0.2, -0.15) is 0 Å². The molecule has 0 aliphatic carbocycles. The fourth-order valence-electron chi connectivity index (χ4n) is 1.62. The van der Waals surface area contributed by atoms with E-state index in [1.807, 2.05) is 0 Å². The second-order valence-electron chi connectivity index (χ2n) is 3.62. The Balaban J connectivity index is 3.84. The number of halogens is 1. The molecule has 0 saturated carbocycles. The average Bonchev–Trinajstić information content (AvgIpc) is 2.09. The molecule has 15 heavy (non-hydrogen) atoms. The Morgan fingerprint density at radius 1 is 0.933 bits per heavy atom. The molecule has 1 aromatic carbocycles. The third kappa shape index (κ3) is 1.96. The third-order valence-corrected chi connectivity index (χ3v) is 4.32. The summed E-state index contributed by atoms with van der Waals surface area (Å²) < 4.78 is 22.7. The van der Waals surface area contributed by atoms with Crippen molar-refractivity contribution in [2.75, 3.05) is 0 Å². The number of rotatable bonds is 1. The van der Waals surface area contributed by atoms with Crippen LogP contribution in [0.5, 0.6) is 5.75 Å². The molecule has 0 spiro atoms. The van der Waals surface area contributed by atoms with Crippen LogP contribution in [0.15, 0.2) is 4.90 Å². The molecule has 0 amide bonds. The van der Waals surface area contributed by atoms with Gasteiger partial charge in [0.25, 0.3) is 9.05 Å². The molecule has 0 radical (unpaired) electrons. The van der Waals surface area contributed by atoms with Crippen molar-refractivity contribution in [3.63, 3.8) is 0 Å². The van der Waals surface area contributed by atoms with Crippen molar-refractivity contribution in [3.05, 3.63) is 22.3 Å². The first-order valence-corrected chi connectivity index (χ1v) is 6.72. The number of hydrogen-bond donors (Lipinski definition) is 1. The van der Waals surface area contributed by atoms with Crippen molar-refractivity contribution in [2.45, 2.75) is 32.6 Å². The van der Waals surface area contributed by atoms with E-state index in [2.05, 4.69) is 0 Å². The quantitative estimate of drug-likeness (QED) is 0.777. The Hall–Kier alpha value is -0.740. The molecule has 0 bridgehead atoms. The van der Waals surface area contributed by atoms with Crippen molar-refractivity contribution in [2.24, 2.45) is 0 Å². The summed E-state index contributed by atoms with van der Waals surface area (Å²) in [5.41, 5.74) is 2.12. The van der Waals surface area contributed by atoms with Crippen molar-refractivity contribution in [1.82, 2.24) is 0 Å². The van der Waals surface area contributed by atoms with Crippen LogP contribution in [0.1, 0.15) is 22.3 Å². The predicted molar refractivity (Wildman–Crippen MR) is 60.1 cm³/mol. The normalized spacial score (nSPS) is 11.8. The lowest BCUT2D eigenvalue weighted by molar-refractivity contribution is 0.464. The van der Waals surface area contributed by atoms with E-state index in [-0.39, 0.29) is 10.6 Å². The highest BCUT2D eigenvalue weighted by atomic mass is 35.7. The number of phenols is 1. The summed E-state index contributed by atoms with van der Waals surface area (Å²) in [4.78, 5) is 0.108. The van der Waals surface area contributed by atoms with Crippen LogP contribution in [0.3, 0.4) is 0 Å². The summed E-state index contributed by atoms with van der Waals surface area (Å²) in [5, 5.41) is 9.72. The molecule has 1 rings (SSSR count). The molecular weight excluding hydrogens is 236 g/mol. The van der Waals surface area contributed by atoms with Crippen LogP contribution in [-0.4, -0.2) is 13.5 Å². The summed E-state index contributed by atoms with van der Waals surface area (Å²) in [7, 11) is 1.59. The largest absolute Gasteiger partial charge is 0.507 e. The predicted octanol–water partition coefficient (Wildman–Crippen LogP) is 2.55. The van der Waals surface area contributed by atoms with Crippen LogP contribution >= 0.6 is 10.7 Å². The smallest absolute Gasteiger partial charge is 0.261 e. The van der Waals surface area contributed by atoms with Crippen molar-refractivity contribution in [1.29, 1.82) is 0 Å². The van der Waals surface area contributed by atoms with Gasteiger partial charge in [-0.25, -0.2) is 8.42 Å². The van der Waals surface area contributed by atoms with E-state index in [4.69, 9.17) is 10.7 Å². The van der Waals surface area contributed by atoms with Gasteiger partial charge in [-0.3, -0.25) is 0 Å². The van der Waals surface area contributed by atoms with Crippen LogP contribution < -0.4 is 0 Å². The molecule has 0 aromatic heterocycles. The molecule has 0 aliphatic rings. The number of benzene rings is 1. The summed E-state index contributed by atoms with van der Waals surface area (Å²) in [5.74, 6) is 0.133. The van der Waals surface area contributed by atoms with Gasteiger partial charge < -0.3 is 5.11 Å². The summed E-state index contributed by atoms with van der Waals surface area (Å²) in [6, 6.07) is 0. The topological polar surface area (TPSA) is 54.4 Å². The first-order chi connectivity index (χ1) is 6.68. The van der Waals surface area contributed by atoms with Gasteiger partial charge in [0, 0.05) is 10.7 Å². The fraction of sp³-hybridized carbons (Fsp3) is 0.400. The number of phenolic OH excluding ortho intramolecular Hbond substituents is 1. The van der Waals surface area contributed by atoms with Crippen molar-refractivity contribution in [3.8, 4) is 5.75 Å². The van der Waals surface area contributed by atoms with Crippen LogP contribution in [0.25, 0.3) is 0 Å². The summed E-state index contributed by atoms with van der Waals surface area (Å²) >= 11 is 0. The highest BCUT2D eigenvalue weighted by molar-refractivity contribution is 8.13. The molecule has 0 unspecified atom stereocenters. The molecule has 3 nitrogen and oxygen atoms in total. The van der Waals surface area contributed by atoms with E-state index >= 15 is 0 Å². The molecule has 1 aromatic rings. The lowest BCUT2D eigenvalue weighted by Crippen LogP contribution is -2.03. The molecule has 5 heteroatoms. The molecule has 84 valence electrons. The first-order valence-electron chi connectivity index (χ1n) is 4.42. The van der Waals surface area contributed by atoms with Gasteiger partial charge in [-0.05, 0) is 49.9 Å². The SMILES string of the molecule is Cc1c(C)c(S(=O)(=O)Cl)c(C)c(C)c1O. The fourth-order valence-corrected chi connectivity index (χ4v) is 3.36. The van der Waals surface area contributed by atoms with E-state index in [9.17, 15) is 13.5 Å². The van der Waals surface area contributed by atoms with Gasteiger partial charge in [-0.1, -0.05) is 0 Å². The maximum Gasteiger partial charge on any atom is 0.261 e. The van der Waals surface area contributed by atoms with Crippen LogP contribution in [0, 0.1) is 27.7 Å². The molecule has 0 atom stereocenters. The Kier molecular flexibility index (Phi) is 3.03. The standard InChI is InChI=1S/C10H13ClO3S/c1-5-7(3)10(15(11,13)14)8(4)6(2)9(5)12/h12H,1-4H3. The summed E-state index contributed by atoms with van der Waals surface area (Å²) in [6.45, 7) is 6.61. The van der Waals surface area contributed by atoms with Gasteiger partial charge >= 0.3 is 0 Å². The minimum Gasteiger partial charge on any atom is -0.507 e. The van der Waals surface area contributed by atoms with Gasteiger partial charge in [0.2, 0.25) is 0 Å². The van der Waals surface area contributed by atoms with Gasteiger partial charge in [-0.15, -0.1) is 0 Å². The Morgan fingerprint density at radius 2 is 1.27 bits per heavy atom. The van der Waals surface area contributed by atoms with Gasteiger partial charge in [0.15, 0.2) is 0 Å². The summed E-state index contributed by atoms with van der Waals surface area (Å²) in [6.07, 6.45) is 0. The first kappa shape index (κ1) is 12.3. The average molecular weight is 249 g/mol. The monoisotopic (exact) mass is 248 g/mol.